The van der Waals surface area contributed by atoms with Gasteiger partial charge in [-0.25, -0.2) is 4.68 Å². The smallest absolute Gasteiger partial charge is 0.275 e. The molecule has 0 saturated carbocycles. The van der Waals surface area contributed by atoms with E-state index in [1.54, 1.807) is 11.0 Å². The van der Waals surface area contributed by atoms with Crippen molar-refractivity contribution in [1.82, 2.24) is 14.7 Å². The van der Waals surface area contributed by atoms with Crippen LogP contribution in [0.4, 0.5) is 0 Å². The summed E-state index contributed by atoms with van der Waals surface area (Å²) in [5.41, 5.74) is 6.70. The van der Waals surface area contributed by atoms with E-state index in [1.807, 2.05) is 44.2 Å². The molecule has 7 heteroatoms. The highest BCUT2D eigenvalue weighted by atomic mass is 16.3. The van der Waals surface area contributed by atoms with Gasteiger partial charge < -0.3 is 15.1 Å². The van der Waals surface area contributed by atoms with E-state index in [0.717, 1.165) is 22.6 Å². The van der Waals surface area contributed by atoms with Crippen LogP contribution >= 0.6 is 0 Å². The van der Waals surface area contributed by atoms with Crippen LogP contribution in [0, 0.1) is 13.8 Å². The molecular weight excluding hydrogens is 344 g/mol. The van der Waals surface area contributed by atoms with Crippen molar-refractivity contribution in [3.63, 3.8) is 0 Å². The summed E-state index contributed by atoms with van der Waals surface area (Å²) in [4.78, 5) is 27.1. The summed E-state index contributed by atoms with van der Waals surface area (Å²) in [6.45, 7) is 4.54. The molecule has 1 aromatic carbocycles. The third-order valence-electron chi connectivity index (χ3n) is 5.18. The van der Waals surface area contributed by atoms with Crippen LogP contribution in [0.3, 0.4) is 0 Å². The second-order valence-electron chi connectivity index (χ2n) is 7.11. The van der Waals surface area contributed by atoms with E-state index in [1.165, 1.54) is 4.68 Å². The number of nitrogens with zero attached hydrogens (tertiary/aromatic N) is 3. The summed E-state index contributed by atoms with van der Waals surface area (Å²) in [7, 11) is 0. The Hall–Kier alpha value is -2.93. The summed E-state index contributed by atoms with van der Waals surface area (Å²) in [5.74, 6) is 1.42. The monoisotopic (exact) mass is 366 g/mol. The minimum absolute atomic E-state index is 0.0364. The molecule has 1 fully saturated rings. The molecule has 27 heavy (non-hydrogen) atoms. The van der Waals surface area contributed by atoms with Crippen molar-refractivity contribution in [2.45, 2.75) is 32.4 Å². The van der Waals surface area contributed by atoms with Crippen molar-refractivity contribution in [2.75, 3.05) is 13.1 Å². The number of aryl methyl sites for hydroxylation is 2. The molecule has 1 aliphatic heterocycles. The van der Waals surface area contributed by atoms with E-state index < -0.39 is 0 Å². The van der Waals surface area contributed by atoms with Gasteiger partial charge >= 0.3 is 0 Å². The molecular formula is C20H22N4O3. The predicted octanol–water partition coefficient (Wildman–Crippen LogP) is 1.56. The molecule has 2 aromatic heterocycles. The normalized spacial score (nSPS) is 19.7. The Morgan fingerprint density at radius 1 is 1.19 bits per heavy atom. The van der Waals surface area contributed by atoms with Gasteiger partial charge in [-0.1, -0.05) is 18.2 Å². The zero-order valence-electron chi connectivity index (χ0n) is 15.4. The number of hydrogen-bond acceptors (Lipinski definition) is 5. The molecule has 0 aliphatic carbocycles. The Morgan fingerprint density at radius 2 is 1.93 bits per heavy atom. The molecule has 0 unspecified atom stereocenters. The quantitative estimate of drug-likeness (QED) is 0.759. The molecule has 2 atom stereocenters. The summed E-state index contributed by atoms with van der Waals surface area (Å²) in [6.07, 6.45) is 0. The molecule has 1 aliphatic rings. The Balaban J connectivity index is 1.56. The Labute approximate surface area is 156 Å². The van der Waals surface area contributed by atoms with E-state index in [0.29, 0.717) is 18.5 Å². The maximum atomic E-state index is 12.8. The number of carbonyl (C=O) groups is 1. The molecule has 3 aromatic rings. The lowest BCUT2D eigenvalue weighted by atomic mass is 10.0. The van der Waals surface area contributed by atoms with Gasteiger partial charge in [0.05, 0.1) is 17.0 Å². The molecule has 0 radical (unpaired) electrons. The number of benzene rings is 1. The van der Waals surface area contributed by atoms with Crippen molar-refractivity contribution in [3.05, 3.63) is 64.0 Å². The molecule has 1 saturated heterocycles. The second kappa shape index (κ2) is 6.66. The largest absolute Gasteiger partial charge is 0.466 e. The molecule has 0 bridgehead atoms. The fraction of sp³-hybridized carbons (Fsp3) is 0.350. The number of amides is 1. The summed E-state index contributed by atoms with van der Waals surface area (Å²) >= 11 is 0. The zero-order valence-corrected chi connectivity index (χ0v) is 15.4. The van der Waals surface area contributed by atoms with Gasteiger partial charge in [-0.2, -0.15) is 5.10 Å². The molecule has 1 amide bonds. The van der Waals surface area contributed by atoms with Crippen LogP contribution in [0.1, 0.15) is 23.1 Å². The minimum Gasteiger partial charge on any atom is -0.466 e. The van der Waals surface area contributed by atoms with E-state index >= 15 is 0 Å². The molecule has 2 N–H and O–H groups in total. The van der Waals surface area contributed by atoms with Crippen molar-refractivity contribution >= 4 is 16.7 Å². The standard InChI is InChI=1S/C20H22N4O3/c1-12-7-8-18(27-12)16-9-23(10-17(16)21)19(25)11-24-20(26)15-6-4-3-5-14(15)13(2)22-24/h3-8,16-17H,9-11,21H2,1-2H3/t16-,17-/m1/s1. The van der Waals surface area contributed by atoms with Crippen LogP contribution in [-0.2, 0) is 11.3 Å². The fourth-order valence-electron chi connectivity index (χ4n) is 3.73. The van der Waals surface area contributed by atoms with Gasteiger partial charge in [0.15, 0.2) is 0 Å². The van der Waals surface area contributed by atoms with Crippen molar-refractivity contribution in [2.24, 2.45) is 5.73 Å². The molecule has 3 heterocycles. The number of carbonyl (C=O) groups excluding carboxylic acids is 1. The van der Waals surface area contributed by atoms with Gasteiger partial charge in [0.25, 0.3) is 5.56 Å². The summed E-state index contributed by atoms with van der Waals surface area (Å²) in [5, 5.41) is 5.70. The Morgan fingerprint density at radius 3 is 2.63 bits per heavy atom. The van der Waals surface area contributed by atoms with Gasteiger partial charge in [-0.3, -0.25) is 9.59 Å². The number of fused-ring (bicyclic) bond motifs is 1. The average Bonchev–Trinajstić information content (AvgIpc) is 3.25. The number of aromatic nitrogens is 2. The minimum atomic E-state index is -0.258. The molecule has 7 nitrogen and oxygen atoms in total. The second-order valence-corrected chi connectivity index (χ2v) is 7.11. The van der Waals surface area contributed by atoms with E-state index in [2.05, 4.69) is 5.10 Å². The molecule has 4 rings (SSSR count). The van der Waals surface area contributed by atoms with E-state index in [4.69, 9.17) is 10.2 Å². The third kappa shape index (κ3) is 3.14. The lowest BCUT2D eigenvalue weighted by Gasteiger charge is -2.17. The maximum absolute atomic E-state index is 12.8. The van der Waals surface area contributed by atoms with Gasteiger partial charge in [0, 0.05) is 24.5 Å². The highest BCUT2D eigenvalue weighted by molar-refractivity contribution is 5.83. The summed E-state index contributed by atoms with van der Waals surface area (Å²) in [6, 6.07) is 10.9. The summed E-state index contributed by atoms with van der Waals surface area (Å²) < 4.78 is 6.93. The highest BCUT2D eigenvalue weighted by Crippen LogP contribution is 2.28. The van der Waals surface area contributed by atoms with E-state index in [9.17, 15) is 9.59 Å². The van der Waals surface area contributed by atoms with Crippen LogP contribution in [0.2, 0.25) is 0 Å². The first-order valence-corrected chi connectivity index (χ1v) is 9.00. The first kappa shape index (κ1) is 17.5. The van der Waals surface area contributed by atoms with Crippen LogP contribution in [0.25, 0.3) is 10.8 Å². The SMILES string of the molecule is Cc1ccc([C@@H]2CN(C(=O)Cn3nc(C)c4ccccc4c3=O)C[C@H]2N)o1. The van der Waals surface area contributed by atoms with Gasteiger partial charge in [-0.05, 0) is 32.0 Å². The van der Waals surface area contributed by atoms with Gasteiger partial charge in [0.1, 0.15) is 18.1 Å². The number of nitrogens with two attached hydrogens (primary N) is 1. The first-order valence-electron chi connectivity index (χ1n) is 9.00. The number of rotatable bonds is 3. The van der Waals surface area contributed by atoms with Gasteiger partial charge in [0.2, 0.25) is 5.91 Å². The fourth-order valence-corrected chi connectivity index (χ4v) is 3.73. The average molecular weight is 366 g/mol. The molecule has 0 spiro atoms. The van der Waals surface area contributed by atoms with Crippen molar-refractivity contribution in [1.29, 1.82) is 0 Å². The third-order valence-corrected chi connectivity index (χ3v) is 5.18. The number of likely N-dealkylation sites (tertiary alicyclic amines) is 1. The lowest BCUT2D eigenvalue weighted by Crippen LogP contribution is -2.37. The van der Waals surface area contributed by atoms with Crippen LogP contribution in [-0.4, -0.2) is 39.7 Å². The first-order chi connectivity index (χ1) is 12.9. The molecule has 140 valence electrons. The van der Waals surface area contributed by atoms with Gasteiger partial charge in [-0.15, -0.1) is 0 Å². The number of furan rings is 1. The highest BCUT2D eigenvalue weighted by Gasteiger charge is 2.35. The number of hydrogen-bond donors (Lipinski definition) is 1. The topological polar surface area (TPSA) is 94.4 Å². The lowest BCUT2D eigenvalue weighted by molar-refractivity contribution is -0.131. The zero-order chi connectivity index (χ0) is 19.1. The van der Waals surface area contributed by atoms with Crippen LogP contribution in [0.15, 0.2) is 45.6 Å². The van der Waals surface area contributed by atoms with Crippen LogP contribution in [0.5, 0.6) is 0 Å². The Kier molecular flexibility index (Phi) is 4.31. The van der Waals surface area contributed by atoms with Crippen LogP contribution < -0.4 is 11.3 Å². The van der Waals surface area contributed by atoms with Crippen molar-refractivity contribution < 1.29 is 9.21 Å². The Bertz CT molecular complexity index is 1070. The van der Waals surface area contributed by atoms with E-state index in [-0.39, 0.29) is 30.0 Å². The van der Waals surface area contributed by atoms with Crippen molar-refractivity contribution in [3.8, 4) is 0 Å². The predicted molar refractivity (Wildman–Crippen MR) is 101 cm³/mol. The maximum Gasteiger partial charge on any atom is 0.275 e.